The molecule has 0 aliphatic rings. The number of aliphatic carboxylic acids is 2. The van der Waals surface area contributed by atoms with Gasteiger partial charge in [0.25, 0.3) is 0 Å². The van der Waals surface area contributed by atoms with Gasteiger partial charge < -0.3 is 25.3 Å². The summed E-state index contributed by atoms with van der Waals surface area (Å²) >= 11 is 0. The Morgan fingerprint density at radius 2 is 1.96 bits per heavy atom. The summed E-state index contributed by atoms with van der Waals surface area (Å²) in [4.78, 5) is 31.5. The Kier molecular flexibility index (Phi) is 8.30. The van der Waals surface area contributed by atoms with Crippen LogP contribution in [-0.2, 0) is 21.0 Å². The molecule has 0 saturated heterocycles. The summed E-state index contributed by atoms with van der Waals surface area (Å²) in [7, 11) is 0. The molecule has 1 rings (SSSR count). The van der Waals surface area contributed by atoms with Crippen LogP contribution in [0, 0.1) is 6.92 Å². The number of aromatic nitrogens is 1. The quantitative estimate of drug-likeness (QED) is 0.240. The third-order valence-electron chi connectivity index (χ3n) is 3.21. The summed E-state index contributed by atoms with van der Waals surface area (Å²) in [6.45, 7) is 0.885. The first-order chi connectivity index (χ1) is 11.8. The Bertz CT molecular complexity index is 618. The van der Waals surface area contributed by atoms with Crippen molar-refractivity contribution >= 4 is 18.2 Å². The molecular formula is C15H21N3O7. The molecule has 0 unspecified atom stereocenters. The minimum Gasteiger partial charge on any atom is -0.505 e. The maximum absolute atomic E-state index is 10.7. The van der Waals surface area contributed by atoms with Gasteiger partial charge in [0.15, 0.2) is 0 Å². The van der Waals surface area contributed by atoms with Gasteiger partial charge in [-0.2, -0.15) is 0 Å². The summed E-state index contributed by atoms with van der Waals surface area (Å²) < 4.78 is 0. The molecule has 10 heteroatoms. The Balaban J connectivity index is 2.49. The number of carboxylic acids is 2. The Labute approximate surface area is 144 Å². The van der Waals surface area contributed by atoms with Crippen LogP contribution >= 0.6 is 0 Å². The van der Waals surface area contributed by atoms with Crippen molar-refractivity contribution in [3.63, 3.8) is 0 Å². The third-order valence-corrected chi connectivity index (χ3v) is 3.21. The van der Waals surface area contributed by atoms with Crippen LogP contribution in [0.5, 0.6) is 5.75 Å². The highest BCUT2D eigenvalue weighted by atomic mass is 16.6. The lowest BCUT2D eigenvalue weighted by Crippen LogP contribution is -2.35. The minimum absolute atomic E-state index is 0.104. The molecule has 10 nitrogen and oxygen atoms in total. The number of hydrogen-bond acceptors (Lipinski definition) is 8. The van der Waals surface area contributed by atoms with E-state index in [4.69, 9.17) is 15.1 Å². The fourth-order valence-electron chi connectivity index (χ4n) is 2.01. The summed E-state index contributed by atoms with van der Waals surface area (Å²) in [5, 5.41) is 40.3. The van der Waals surface area contributed by atoms with Crippen LogP contribution < -0.4 is 0 Å². The van der Waals surface area contributed by atoms with Gasteiger partial charge in [-0.3, -0.25) is 19.5 Å². The number of carboxylic acid groups (broad SMARTS) is 2. The fourth-order valence-corrected chi connectivity index (χ4v) is 2.01. The number of rotatable bonds is 11. The summed E-state index contributed by atoms with van der Waals surface area (Å²) in [5.41, 5.74) is 1.08. The molecule has 0 aliphatic heterocycles. The van der Waals surface area contributed by atoms with Gasteiger partial charge in [-0.25, -0.2) is 0 Å². The van der Waals surface area contributed by atoms with Crippen molar-refractivity contribution in [1.82, 2.24) is 9.88 Å². The van der Waals surface area contributed by atoms with Crippen LogP contribution in [0.25, 0.3) is 0 Å². The van der Waals surface area contributed by atoms with Gasteiger partial charge in [0.05, 0.1) is 31.6 Å². The Morgan fingerprint density at radius 1 is 1.32 bits per heavy atom. The zero-order chi connectivity index (χ0) is 18.8. The van der Waals surface area contributed by atoms with Gasteiger partial charge in [0, 0.05) is 23.9 Å². The zero-order valence-electron chi connectivity index (χ0n) is 13.8. The largest absolute Gasteiger partial charge is 0.505 e. The number of oxime groups is 1. The van der Waals surface area contributed by atoms with E-state index in [9.17, 15) is 19.8 Å². The van der Waals surface area contributed by atoms with E-state index in [-0.39, 0.29) is 38.6 Å². The van der Waals surface area contributed by atoms with Crippen LogP contribution in [-0.4, -0.2) is 74.7 Å². The summed E-state index contributed by atoms with van der Waals surface area (Å²) in [5.74, 6) is -2.33. The normalized spacial score (nSPS) is 11.2. The average Bonchev–Trinajstić information content (AvgIpc) is 2.53. The molecule has 0 atom stereocenters. The maximum Gasteiger partial charge on any atom is 0.317 e. The van der Waals surface area contributed by atoms with Crippen molar-refractivity contribution in [2.75, 3.05) is 26.2 Å². The van der Waals surface area contributed by atoms with Crippen molar-refractivity contribution in [2.45, 2.75) is 20.0 Å². The first-order valence-electron chi connectivity index (χ1n) is 7.44. The van der Waals surface area contributed by atoms with E-state index < -0.39 is 11.9 Å². The number of aromatic hydroxyl groups is 1. The van der Waals surface area contributed by atoms with Crippen molar-refractivity contribution in [3.8, 4) is 5.75 Å². The lowest BCUT2D eigenvalue weighted by molar-refractivity contribution is -0.141. The average molecular weight is 355 g/mol. The number of aliphatic hydroxyl groups is 1. The second-order valence-corrected chi connectivity index (χ2v) is 5.21. The predicted octanol–water partition coefficient (Wildman–Crippen LogP) is -0.200. The molecule has 4 N–H and O–H groups in total. The molecule has 1 heterocycles. The maximum atomic E-state index is 10.7. The second kappa shape index (κ2) is 10.2. The number of aryl methyl sites for hydroxylation is 1. The van der Waals surface area contributed by atoms with Crippen molar-refractivity contribution in [3.05, 3.63) is 23.0 Å². The molecule has 0 aromatic carbocycles. The van der Waals surface area contributed by atoms with Crippen LogP contribution in [0.2, 0.25) is 0 Å². The van der Waals surface area contributed by atoms with E-state index in [1.807, 2.05) is 0 Å². The third kappa shape index (κ3) is 7.14. The van der Waals surface area contributed by atoms with Crippen LogP contribution in [0.3, 0.4) is 0 Å². The molecule has 25 heavy (non-hydrogen) atoms. The highest BCUT2D eigenvalue weighted by molar-refractivity contribution is 5.85. The monoisotopic (exact) mass is 355 g/mol. The first-order valence-corrected chi connectivity index (χ1v) is 7.44. The van der Waals surface area contributed by atoms with Crippen molar-refractivity contribution < 1.29 is 34.9 Å². The van der Waals surface area contributed by atoms with Crippen LogP contribution in [0.15, 0.2) is 11.4 Å². The van der Waals surface area contributed by atoms with Crippen LogP contribution in [0.4, 0.5) is 0 Å². The fraction of sp³-hybridized carbons (Fsp3) is 0.467. The molecule has 138 valence electrons. The van der Waals surface area contributed by atoms with E-state index in [1.165, 1.54) is 17.3 Å². The summed E-state index contributed by atoms with van der Waals surface area (Å²) in [6, 6.07) is 0. The molecule has 0 amide bonds. The molecule has 1 aromatic heterocycles. The van der Waals surface area contributed by atoms with Gasteiger partial charge >= 0.3 is 11.9 Å². The van der Waals surface area contributed by atoms with E-state index in [0.717, 1.165) is 0 Å². The van der Waals surface area contributed by atoms with Gasteiger partial charge in [-0.15, -0.1) is 0 Å². The molecule has 0 bridgehead atoms. The highest BCUT2D eigenvalue weighted by Crippen LogP contribution is 2.21. The van der Waals surface area contributed by atoms with Crippen molar-refractivity contribution in [2.24, 2.45) is 5.16 Å². The Morgan fingerprint density at radius 3 is 2.52 bits per heavy atom. The topological polar surface area (TPSA) is 153 Å². The molecule has 1 aromatic rings. The SMILES string of the molecule is Cc1ncc(CO)c(/C=N/OCCCN(CC(=O)O)CC(=O)O)c1O. The molecular weight excluding hydrogens is 334 g/mol. The van der Waals surface area contributed by atoms with Gasteiger partial charge in [0.1, 0.15) is 12.4 Å². The van der Waals surface area contributed by atoms with E-state index in [1.54, 1.807) is 6.92 Å². The van der Waals surface area contributed by atoms with Crippen LogP contribution in [0.1, 0.15) is 23.2 Å². The number of carbonyl (C=O) groups is 2. The smallest absolute Gasteiger partial charge is 0.317 e. The highest BCUT2D eigenvalue weighted by Gasteiger charge is 2.13. The lowest BCUT2D eigenvalue weighted by Gasteiger charge is -2.17. The molecule has 0 fully saturated rings. The predicted molar refractivity (Wildman–Crippen MR) is 86.4 cm³/mol. The molecule has 0 aliphatic carbocycles. The molecule has 0 spiro atoms. The number of hydrogen-bond donors (Lipinski definition) is 4. The number of nitrogens with zero attached hydrogens (tertiary/aromatic N) is 3. The number of pyridine rings is 1. The van der Waals surface area contributed by atoms with E-state index in [2.05, 4.69) is 10.1 Å². The number of aliphatic hydroxyl groups excluding tert-OH is 1. The van der Waals surface area contributed by atoms with Gasteiger partial charge in [-0.1, -0.05) is 5.16 Å². The zero-order valence-corrected chi connectivity index (χ0v) is 13.8. The minimum atomic E-state index is -1.11. The van der Waals surface area contributed by atoms with Crippen molar-refractivity contribution in [1.29, 1.82) is 0 Å². The van der Waals surface area contributed by atoms with Gasteiger partial charge in [-0.05, 0) is 13.3 Å². The van der Waals surface area contributed by atoms with E-state index >= 15 is 0 Å². The second-order valence-electron chi connectivity index (χ2n) is 5.21. The standard InChI is InChI=1S/C15H21N3O7/c1-10-15(24)12(11(9-19)5-16-10)6-17-25-4-2-3-18(7-13(20)21)8-14(22)23/h5-6,19,24H,2-4,7-9H2,1H3,(H,20,21)(H,22,23)/b17-6+. The van der Waals surface area contributed by atoms with E-state index in [0.29, 0.717) is 23.2 Å². The Hall–Kier alpha value is -2.72. The van der Waals surface area contributed by atoms with Gasteiger partial charge in [0.2, 0.25) is 0 Å². The molecule has 0 radical (unpaired) electrons. The lowest BCUT2D eigenvalue weighted by atomic mass is 10.1. The first kappa shape index (κ1) is 20.3. The summed E-state index contributed by atoms with van der Waals surface area (Å²) in [6.07, 6.45) is 3.04. The molecule has 0 saturated carbocycles.